The fraction of sp³-hybridized carbons (Fsp3) is 0.444. The molecule has 2 aliphatic heterocycles. The Kier molecular flexibility index (Phi) is 8.86. The number of ether oxygens (including phenoxy) is 1. The third-order valence-electron chi connectivity index (χ3n) is 6.69. The van der Waals surface area contributed by atoms with E-state index in [-0.39, 0.29) is 36.2 Å². The van der Waals surface area contributed by atoms with Gasteiger partial charge in [-0.3, -0.25) is 9.59 Å². The molecule has 2 fully saturated rings. The third-order valence-corrected chi connectivity index (χ3v) is 6.69. The number of Topliss-reactive ketones (excluding diaryl/α,β-unsaturated/α-hetero) is 2. The van der Waals surface area contributed by atoms with Crippen molar-refractivity contribution in [2.24, 2.45) is 0 Å². The summed E-state index contributed by atoms with van der Waals surface area (Å²) < 4.78 is 5.66. The van der Waals surface area contributed by atoms with E-state index >= 15 is 0 Å². The summed E-state index contributed by atoms with van der Waals surface area (Å²) in [6, 6.07) is 16.9. The quantitative estimate of drug-likeness (QED) is 0.666. The molecule has 1 amide bonds. The summed E-state index contributed by atoms with van der Waals surface area (Å²) >= 11 is 0. The van der Waals surface area contributed by atoms with E-state index < -0.39 is 0 Å². The number of carbonyl (C=O) groups is 3. The first-order valence-electron chi connectivity index (χ1n) is 11.8. The molecule has 182 valence electrons. The number of halogens is 1. The number of rotatable bonds is 2. The number of hydrogen-bond acceptors (Lipinski definition) is 5. The predicted octanol–water partition coefficient (Wildman–Crippen LogP) is 4.74. The van der Waals surface area contributed by atoms with Gasteiger partial charge < -0.3 is 15.0 Å². The van der Waals surface area contributed by atoms with Gasteiger partial charge in [-0.15, -0.1) is 12.4 Å². The van der Waals surface area contributed by atoms with Crippen LogP contribution >= 0.6 is 12.4 Å². The van der Waals surface area contributed by atoms with E-state index in [0.717, 1.165) is 19.4 Å². The Morgan fingerprint density at radius 1 is 0.941 bits per heavy atom. The fourth-order valence-corrected chi connectivity index (χ4v) is 4.93. The lowest BCUT2D eigenvalue weighted by molar-refractivity contribution is -0.122. The third kappa shape index (κ3) is 5.86. The van der Waals surface area contributed by atoms with Crippen molar-refractivity contribution in [3.8, 4) is 11.1 Å². The zero-order valence-corrected chi connectivity index (χ0v) is 20.6. The van der Waals surface area contributed by atoms with E-state index in [1.54, 1.807) is 4.90 Å². The first-order chi connectivity index (χ1) is 15.9. The van der Waals surface area contributed by atoms with Crippen LogP contribution in [-0.2, 0) is 14.3 Å². The van der Waals surface area contributed by atoms with Crippen LogP contribution < -0.4 is 5.32 Å². The Hall–Kier alpha value is -2.70. The van der Waals surface area contributed by atoms with E-state index in [1.807, 2.05) is 38.1 Å². The highest BCUT2D eigenvalue weighted by molar-refractivity contribution is 5.85. The number of likely N-dealkylation sites (tertiary alicyclic amines) is 1. The second-order valence-electron chi connectivity index (χ2n) is 9.19. The fourth-order valence-electron chi connectivity index (χ4n) is 4.93. The van der Waals surface area contributed by atoms with Crippen molar-refractivity contribution < 1.29 is 19.1 Å². The number of nitrogens with one attached hydrogen (secondary N) is 1. The molecule has 0 saturated carbocycles. The number of nitrogens with zero attached hydrogens (tertiary/aromatic N) is 1. The Balaban J connectivity index is 0.000000308. The lowest BCUT2D eigenvalue weighted by Crippen LogP contribution is -2.45. The van der Waals surface area contributed by atoms with E-state index in [2.05, 4.69) is 29.6 Å². The number of ketones is 2. The van der Waals surface area contributed by atoms with Crippen LogP contribution in [0.15, 0.2) is 48.5 Å². The largest absolute Gasteiger partial charge is 0.448 e. The van der Waals surface area contributed by atoms with Gasteiger partial charge in [-0.25, -0.2) is 4.79 Å². The number of carbonyl (C=O) groups excluding carboxylic acids is 3. The number of benzene rings is 2. The summed E-state index contributed by atoms with van der Waals surface area (Å²) in [5, 5.41) is 3.19. The van der Waals surface area contributed by atoms with Crippen LogP contribution in [0.1, 0.15) is 56.6 Å². The minimum absolute atomic E-state index is 0. The monoisotopic (exact) mass is 484 g/mol. The average molecular weight is 485 g/mol. The van der Waals surface area contributed by atoms with Gasteiger partial charge in [-0.05, 0) is 36.1 Å². The summed E-state index contributed by atoms with van der Waals surface area (Å²) in [5.74, 6) is 0.685. The minimum atomic E-state index is -0.318. The Labute approximate surface area is 207 Å². The molecule has 6 nitrogen and oxygen atoms in total. The Morgan fingerprint density at radius 3 is 2.06 bits per heavy atom. The molecule has 0 radical (unpaired) electrons. The van der Waals surface area contributed by atoms with Crippen molar-refractivity contribution in [3.63, 3.8) is 0 Å². The van der Waals surface area contributed by atoms with Gasteiger partial charge >= 0.3 is 6.09 Å². The highest BCUT2D eigenvalue weighted by Gasteiger charge is 2.32. The summed E-state index contributed by atoms with van der Waals surface area (Å²) in [5.41, 5.74) is 4.85. The van der Waals surface area contributed by atoms with E-state index in [1.165, 1.54) is 22.3 Å². The van der Waals surface area contributed by atoms with Crippen molar-refractivity contribution in [1.29, 1.82) is 0 Å². The topological polar surface area (TPSA) is 75.7 Å². The van der Waals surface area contributed by atoms with E-state index in [9.17, 15) is 14.4 Å². The van der Waals surface area contributed by atoms with Crippen LogP contribution in [0.25, 0.3) is 11.1 Å². The second-order valence-corrected chi connectivity index (χ2v) is 9.19. The molecular formula is C27H33ClN2O4. The van der Waals surface area contributed by atoms with Crippen molar-refractivity contribution in [2.45, 2.75) is 57.5 Å². The molecular weight excluding hydrogens is 452 g/mol. The maximum absolute atomic E-state index is 12.5. The van der Waals surface area contributed by atoms with Crippen LogP contribution in [0.2, 0.25) is 0 Å². The molecule has 3 aliphatic rings. The molecule has 1 N–H and O–H groups in total. The van der Waals surface area contributed by atoms with Crippen molar-refractivity contribution in [2.75, 3.05) is 19.7 Å². The predicted molar refractivity (Wildman–Crippen MR) is 134 cm³/mol. The number of piperidine rings is 2. The van der Waals surface area contributed by atoms with Crippen LogP contribution in [0, 0.1) is 0 Å². The van der Waals surface area contributed by atoms with Gasteiger partial charge in [0, 0.05) is 56.8 Å². The molecule has 0 spiro atoms. The van der Waals surface area contributed by atoms with Crippen LogP contribution in [0.4, 0.5) is 4.79 Å². The molecule has 1 aliphatic carbocycles. The summed E-state index contributed by atoms with van der Waals surface area (Å²) in [6.45, 7) is 5.59. The zero-order chi connectivity index (χ0) is 23.4. The maximum atomic E-state index is 12.5. The minimum Gasteiger partial charge on any atom is -0.448 e. The lowest BCUT2D eigenvalue weighted by atomic mass is 9.98. The summed E-state index contributed by atoms with van der Waals surface area (Å²) in [7, 11) is 0. The number of hydrogen-bond donors (Lipinski definition) is 1. The summed E-state index contributed by atoms with van der Waals surface area (Å²) in [6.07, 6.45) is 1.98. The van der Waals surface area contributed by atoms with Crippen LogP contribution in [0.5, 0.6) is 0 Å². The lowest BCUT2D eigenvalue weighted by Gasteiger charge is -2.32. The van der Waals surface area contributed by atoms with Gasteiger partial charge in [0.25, 0.3) is 0 Å². The van der Waals surface area contributed by atoms with Crippen LogP contribution in [-0.4, -0.2) is 54.3 Å². The van der Waals surface area contributed by atoms with Gasteiger partial charge in [0.15, 0.2) is 0 Å². The van der Waals surface area contributed by atoms with Crippen molar-refractivity contribution in [1.82, 2.24) is 10.2 Å². The van der Waals surface area contributed by atoms with Crippen molar-refractivity contribution in [3.05, 3.63) is 59.7 Å². The number of fused-ring (bicyclic) bond motifs is 3. The molecule has 7 heteroatoms. The molecule has 2 unspecified atom stereocenters. The Bertz CT molecular complexity index is 995. The molecule has 0 bridgehead atoms. The SMILES string of the molecule is CC1CC(=O)CCN1.CC1CC(=O)CCN1C(=O)OCC1c2ccccc2-c2ccccc21.Cl. The number of amides is 1. The smallest absolute Gasteiger partial charge is 0.410 e. The van der Waals surface area contributed by atoms with E-state index in [4.69, 9.17) is 4.74 Å². The van der Waals surface area contributed by atoms with Crippen LogP contribution in [0.3, 0.4) is 0 Å². The molecule has 2 heterocycles. The normalized spacial score (nSPS) is 21.5. The van der Waals surface area contributed by atoms with Crippen molar-refractivity contribution >= 4 is 30.1 Å². The highest BCUT2D eigenvalue weighted by Crippen LogP contribution is 2.44. The molecule has 5 rings (SSSR count). The molecule has 34 heavy (non-hydrogen) atoms. The summed E-state index contributed by atoms with van der Waals surface area (Å²) in [4.78, 5) is 36.3. The zero-order valence-electron chi connectivity index (χ0n) is 19.8. The van der Waals surface area contributed by atoms with Gasteiger partial charge in [0.05, 0.1) is 0 Å². The van der Waals surface area contributed by atoms with Gasteiger partial charge in [0.1, 0.15) is 18.2 Å². The van der Waals surface area contributed by atoms with Gasteiger partial charge in [-0.1, -0.05) is 48.5 Å². The molecule has 2 atom stereocenters. The molecule has 2 aromatic carbocycles. The first-order valence-corrected chi connectivity index (χ1v) is 11.8. The molecule has 2 aromatic rings. The Morgan fingerprint density at radius 2 is 1.53 bits per heavy atom. The van der Waals surface area contributed by atoms with Gasteiger partial charge in [-0.2, -0.15) is 0 Å². The molecule has 0 aromatic heterocycles. The molecule has 2 saturated heterocycles. The van der Waals surface area contributed by atoms with Gasteiger partial charge in [0.2, 0.25) is 0 Å². The highest BCUT2D eigenvalue weighted by atomic mass is 35.5. The average Bonchev–Trinajstić information content (AvgIpc) is 3.11. The first kappa shape index (κ1) is 25.9. The maximum Gasteiger partial charge on any atom is 0.410 e. The standard InChI is InChI=1S/C21H21NO3.C6H11NO.ClH/c1-14-12-15(23)10-11-22(14)21(24)25-13-20-18-8-4-2-6-16(18)17-7-3-5-9-19(17)20;1-5-4-6(8)2-3-7-5;/h2-9,14,20H,10-13H2,1H3;5,7H,2-4H2,1H3;1H. The second kappa shape index (κ2) is 11.6. The van der Waals surface area contributed by atoms with E-state index in [0.29, 0.717) is 37.8 Å².